The Balaban J connectivity index is 1.71. The summed E-state index contributed by atoms with van der Waals surface area (Å²) in [6.45, 7) is 1.78. The maximum absolute atomic E-state index is 12.1. The molecule has 2 aromatic carbocycles. The summed E-state index contributed by atoms with van der Waals surface area (Å²) in [5.41, 5.74) is 2.11. The zero-order valence-electron chi connectivity index (χ0n) is 12.6. The van der Waals surface area contributed by atoms with Crippen molar-refractivity contribution in [3.8, 4) is 11.5 Å². The number of benzene rings is 2. The van der Waals surface area contributed by atoms with Crippen molar-refractivity contribution in [2.45, 2.75) is 6.92 Å². The number of carbonyl (C=O) groups excluding carboxylic acids is 1. The molecule has 0 aliphatic carbocycles. The molecule has 0 saturated carbocycles. The third kappa shape index (κ3) is 3.71. The normalized spacial score (nSPS) is 11.3. The van der Waals surface area contributed by atoms with E-state index in [1.807, 2.05) is 48.5 Å². The summed E-state index contributed by atoms with van der Waals surface area (Å²) < 4.78 is 5.21. The third-order valence-corrected chi connectivity index (χ3v) is 3.16. The number of nitrogens with zero attached hydrogens (tertiary/aromatic N) is 2. The fourth-order valence-electron chi connectivity index (χ4n) is 2.07. The molecule has 0 fully saturated rings. The van der Waals surface area contributed by atoms with Crippen LogP contribution in [0.2, 0.25) is 0 Å². The van der Waals surface area contributed by atoms with Crippen LogP contribution in [0, 0.1) is 0 Å². The Morgan fingerprint density at radius 2 is 1.70 bits per heavy atom. The highest BCUT2D eigenvalue weighted by molar-refractivity contribution is 6.05. The second kappa shape index (κ2) is 6.70. The van der Waals surface area contributed by atoms with Gasteiger partial charge in [-0.15, -0.1) is 0 Å². The van der Waals surface area contributed by atoms with Gasteiger partial charge in [0.05, 0.1) is 0 Å². The molecule has 5 heteroatoms. The van der Waals surface area contributed by atoms with Gasteiger partial charge in [0.25, 0.3) is 11.8 Å². The average Bonchev–Trinajstić information content (AvgIpc) is 3.04. The van der Waals surface area contributed by atoms with Gasteiger partial charge < -0.3 is 9.84 Å². The van der Waals surface area contributed by atoms with Crippen LogP contribution in [0.15, 0.2) is 77.0 Å². The predicted octanol–water partition coefficient (Wildman–Crippen LogP) is 3.94. The fraction of sp³-hybridized carbons (Fsp3) is 0.0556. The first-order valence-corrected chi connectivity index (χ1v) is 7.16. The van der Waals surface area contributed by atoms with Crippen molar-refractivity contribution in [1.82, 2.24) is 10.1 Å². The van der Waals surface area contributed by atoms with E-state index in [1.54, 1.807) is 19.1 Å². The molecule has 23 heavy (non-hydrogen) atoms. The first-order chi connectivity index (χ1) is 11.2. The molecule has 0 bridgehead atoms. The summed E-state index contributed by atoms with van der Waals surface area (Å²) in [6, 6.07) is 18.6. The van der Waals surface area contributed by atoms with Crippen LogP contribution in [0.5, 0.6) is 0 Å². The molecule has 0 radical (unpaired) electrons. The van der Waals surface area contributed by atoms with Crippen LogP contribution in [-0.2, 0) is 0 Å². The lowest BCUT2D eigenvalue weighted by molar-refractivity contribution is 0.104. The Morgan fingerprint density at radius 3 is 2.39 bits per heavy atom. The lowest BCUT2D eigenvalue weighted by Gasteiger charge is -2.00. The molecule has 3 aromatic rings. The van der Waals surface area contributed by atoms with E-state index in [-0.39, 0.29) is 5.78 Å². The largest absolute Gasteiger partial charge is 0.332 e. The zero-order chi connectivity index (χ0) is 16.1. The number of rotatable bonds is 5. The summed E-state index contributed by atoms with van der Waals surface area (Å²) in [6.07, 6.45) is 1.51. The van der Waals surface area contributed by atoms with Crippen molar-refractivity contribution in [3.05, 3.63) is 78.0 Å². The van der Waals surface area contributed by atoms with Crippen molar-refractivity contribution in [1.29, 1.82) is 0 Å². The van der Waals surface area contributed by atoms with E-state index in [0.29, 0.717) is 23.1 Å². The number of hydrogen-bond acceptors (Lipinski definition) is 5. The molecule has 0 spiro atoms. The number of nitrogens with one attached hydrogen (secondary N) is 1. The minimum atomic E-state index is -0.0811. The minimum Gasteiger partial charge on any atom is -0.332 e. The monoisotopic (exact) mass is 305 g/mol. The van der Waals surface area contributed by atoms with Crippen LogP contribution in [0.1, 0.15) is 17.3 Å². The second-order valence-corrected chi connectivity index (χ2v) is 4.97. The smallest absolute Gasteiger partial charge is 0.267 e. The van der Waals surface area contributed by atoms with E-state index in [2.05, 4.69) is 15.5 Å². The van der Waals surface area contributed by atoms with Gasteiger partial charge in [0.1, 0.15) is 0 Å². The highest BCUT2D eigenvalue weighted by atomic mass is 16.5. The Kier molecular flexibility index (Phi) is 4.29. The average molecular weight is 305 g/mol. The van der Waals surface area contributed by atoms with E-state index in [1.165, 1.54) is 6.08 Å². The molecular weight excluding hydrogens is 290 g/mol. The van der Waals surface area contributed by atoms with Crippen molar-refractivity contribution in [2.24, 2.45) is 0 Å². The maximum atomic E-state index is 12.1. The van der Waals surface area contributed by atoms with Crippen molar-refractivity contribution in [3.63, 3.8) is 0 Å². The van der Waals surface area contributed by atoms with Gasteiger partial charge in [-0.3, -0.25) is 4.79 Å². The van der Waals surface area contributed by atoms with Gasteiger partial charge in [0.2, 0.25) is 0 Å². The van der Waals surface area contributed by atoms with E-state index in [4.69, 9.17) is 4.52 Å². The molecule has 0 saturated heterocycles. The topological polar surface area (TPSA) is 68.0 Å². The number of hydrogen-bond donors (Lipinski definition) is 1. The van der Waals surface area contributed by atoms with E-state index in [9.17, 15) is 4.79 Å². The minimum absolute atomic E-state index is 0.0811. The molecule has 114 valence electrons. The molecule has 0 unspecified atom stereocenters. The summed E-state index contributed by atoms with van der Waals surface area (Å²) in [5, 5.41) is 6.82. The fourth-order valence-corrected chi connectivity index (χ4v) is 2.07. The standard InChI is InChI=1S/C18H15N3O2/c1-13(12-16(22)14-8-4-2-5-9-14)19-18-20-17(23-21-18)15-10-6-3-7-11-15/h2-12H,1H3,(H,19,21)/b13-12+. The first-order valence-electron chi connectivity index (χ1n) is 7.16. The van der Waals surface area contributed by atoms with E-state index < -0.39 is 0 Å². The van der Waals surface area contributed by atoms with Crippen LogP contribution >= 0.6 is 0 Å². The summed E-state index contributed by atoms with van der Waals surface area (Å²) in [5.74, 6) is 0.663. The van der Waals surface area contributed by atoms with Crippen LogP contribution in [0.25, 0.3) is 11.5 Å². The molecule has 1 aromatic heterocycles. The third-order valence-electron chi connectivity index (χ3n) is 3.16. The molecule has 1 N–H and O–H groups in total. The molecule has 5 nitrogen and oxygen atoms in total. The predicted molar refractivity (Wildman–Crippen MR) is 87.9 cm³/mol. The highest BCUT2D eigenvalue weighted by Crippen LogP contribution is 2.18. The lowest BCUT2D eigenvalue weighted by Crippen LogP contribution is -2.02. The Bertz CT molecular complexity index is 824. The molecule has 3 rings (SSSR count). The maximum Gasteiger partial charge on any atom is 0.267 e. The van der Waals surface area contributed by atoms with Crippen molar-refractivity contribution >= 4 is 11.7 Å². The van der Waals surface area contributed by atoms with E-state index >= 15 is 0 Å². The number of aromatic nitrogens is 2. The molecule has 1 heterocycles. The van der Waals surface area contributed by atoms with Gasteiger partial charge in [-0.05, 0) is 24.2 Å². The van der Waals surface area contributed by atoms with Gasteiger partial charge in [-0.2, -0.15) is 4.98 Å². The first kappa shape index (κ1) is 14.7. The Labute approximate surface area is 133 Å². The number of allylic oxidation sites excluding steroid dienone is 2. The summed E-state index contributed by atoms with van der Waals surface area (Å²) >= 11 is 0. The number of anilines is 1. The van der Waals surface area contributed by atoms with Crippen LogP contribution in [0.4, 0.5) is 5.95 Å². The molecule has 0 aliphatic heterocycles. The molecule has 0 aliphatic rings. The lowest BCUT2D eigenvalue weighted by atomic mass is 10.1. The number of carbonyl (C=O) groups is 1. The van der Waals surface area contributed by atoms with Crippen LogP contribution in [0.3, 0.4) is 0 Å². The van der Waals surface area contributed by atoms with Gasteiger partial charge in [-0.1, -0.05) is 48.5 Å². The quantitative estimate of drug-likeness (QED) is 0.571. The van der Waals surface area contributed by atoms with Crippen LogP contribution < -0.4 is 5.32 Å². The highest BCUT2D eigenvalue weighted by Gasteiger charge is 2.09. The van der Waals surface area contributed by atoms with Crippen molar-refractivity contribution in [2.75, 3.05) is 5.32 Å². The summed E-state index contributed by atoms with van der Waals surface area (Å²) in [7, 11) is 0. The second-order valence-electron chi connectivity index (χ2n) is 4.97. The van der Waals surface area contributed by atoms with Crippen molar-refractivity contribution < 1.29 is 9.32 Å². The molecule has 0 amide bonds. The number of ketones is 1. The molecular formula is C18H15N3O2. The van der Waals surface area contributed by atoms with Gasteiger partial charge in [-0.25, -0.2) is 0 Å². The summed E-state index contributed by atoms with van der Waals surface area (Å²) in [4.78, 5) is 16.4. The SMILES string of the molecule is C/C(=C\C(=O)c1ccccc1)Nc1noc(-c2ccccc2)n1. The van der Waals surface area contributed by atoms with Gasteiger partial charge in [0, 0.05) is 22.9 Å². The zero-order valence-corrected chi connectivity index (χ0v) is 12.6. The van der Waals surface area contributed by atoms with E-state index in [0.717, 1.165) is 5.56 Å². The molecule has 0 atom stereocenters. The Morgan fingerprint density at radius 1 is 1.04 bits per heavy atom. The van der Waals surface area contributed by atoms with Gasteiger partial charge in [0.15, 0.2) is 5.78 Å². The van der Waals surface area contributed by atoms with Crippen LogP contribution in [-0.4, -0.2) is 15.9 Å². The Hall–Kier alpha value is -3.21. The van der Waals surface area contributed by atoms with Gasteiger partial charge >= 0.3 is 0 Å².